The van der Waals surface area contributed by atoms with Crippen LogP contribution in [0.4, 0.5) is 0 Å². The van der Waals surface area contributed by atoms with Crippen LogP contribution in [0.3, 0.4) is 0 Å². The van der Waals surface area contributed by atoms with Crippen molar-refractivity contribution in [1.29, 1.82) is 0 Å². The molecular formula is C4H6CuO4S. The molecule has 0 heterocycles. The van der Waals surface area contributed by atoms with E-state index >= 15 is 0 Å². The number of aliphatic carboxylic acids is 1. The zero-order valence-electron chi connectivity index (χ0n) is 4.74. The van der Waals surface area contributed by atoms with E-state index < -0.39 is 23.5 Å². The van der Waals surface area contributed by atoms with Crippen LogP contribution in [-0.2, 0) is 21.9 Å². The monoisotopic (exact) mass is 213 g/mol. The number of hydrogen-bond acceptors (Lipinski definition) is 3. The van der Waals surface area contributed by atoms with E-state index in [1.165, 1.54) is 0 Å². The standard InChI is InChI=1S/C4H6O4S.Cu/c5-2(4(8)9)1-3(6)7;/h2,5H,1H2,(H,6,7)(H,8,9);. The normalized spacial score (nSPS) is 11.3. The molecule has 3 N–H and O–H groups in total. The van der Waals surface area contributed by atoms with Gasteiger partial charge in [-0.15, -0.1) is 0 Å². The Kier molecular flexibility index (Phi) is 7.02. The van der Waals surface area contributed by atoms with Crippen LogP contribution < -0.4 is 0 Å². The van der Waals surface area contributed by atoms with Crippen molar-refractivity contribution < 1.29 is 37.2 Å². The van der Waals surface area contributed by atoms with Gasteiger partial charge in [-0.1, -0.05) is 0 Å². The van der Waals surface area contributed by atoms with Crippen LogP contribution in [0, 0.1) is 0 Å². The fourth-order valence-corrected chi connectivity index (χ4v) is 0.336. The van der Waals surface area contributed by atoms with Gasteiger partial charge >= 0.3 is 5.97 Å². The first-order chi connectivity index (χ1) is 4.04. The molecular weight excluding hydrogens is 208 g/mol. The van der Waals surface area contributed by atoms with Gasteiger partial charge in [0.2, 0.25) is 0 Å². The molecule has 10 heavy (non-hydrogen) atoms. The minimum atomic E-state index is -1.42. The number of carbonyl (C=O) groups is 1. The quantitative estimate of drug-likeness (QED) is 0.444. The maximum absolute atomic E-state index is 9.78. The molecule has 1 unspecified atom stereocenters. The average Bonchev–Trinajstić information content (AvgIpc) is 1.63. The number of aliphatic hydroxyl groups is 2. The van der Waals surface area contributed by atoms with Crippen molar-refractivity contribution in [1.82, 2.24) is 0 Å². The third-order valence-electron chi connectivity index (χ3n) is 0.653. The molecule has 0 fully saturated rings. The van der Waals surface area contributed by atoms with Gasteiger partial charge in [0, 0.05) is 17.1 Å². The largest absolute Gasteiger partial charge is 0.500 e. The fourth-order valence-electron chi connectivity index (χ4n) is 0.253. The topological polar surface area (TPSA) is 77.8 Å². The molecule has 0 aromatic heterocycles. The molecule has 1 radical (unpaired) electrons. The minimum Gasteiger partial charge on any atom is -0.500 e. The fraction of sp³-hybridized carbons (Fsp3) is 0.500. The summed E-state index contributed by atoms with van der Waals surface area (Å²) in [6.07, 6.45) is -1.97. The Morgan fingerprint density at radius 3 is 2.00 bits per heavy atom. The summed E-state index contributed by atoms with van der Waals surface area (Å²) in [6, 6.07) is 0. The van der Waals surface area contributed by atoms with E-state index in [2.05, 4.69) is 12.2 Å². The molecule has 0 spiro atoms. The van der Waals surface area contributed by atoms with Crippen molar-refractivity contribution in [3.05, 3.63) is 0 Å². The summed E-state index contributed by atoms with van der Waals surface area (Å²) < 4.78 is 0. The third-order valence-corrected chi connectivity index (χ3v) is 0.925. The molecule has 0 aliphatic rings. The average molecular weight is 214 g/mol. The Morgan fingerprint density at radius 2 is 1.90 bits per heavy atom. The van der Waals surface area contributed by atoms with Gasteiger partial charge in [0.05, 0.1) is 6.42 Å². The van der Waals surface area contributed by atoms with Gasteiger partial charge in [0.1, 0.15) is 6.10 Å². The molecule has 0 aliphatic carbocycles. The Balaban J connectivity index is 0. The van der Waals surface area contributed by atoms with Crippen LogP contribution in [0.2, 0.25) is 0 Å². The second kappa shape index (κ2) is 5.61. The van der Waals surface area contributed by atoms with E-state index in [0.717, 1.165) is 0 Å². The van der Waals surface area contributed by atoms with Crippen molar-refractivity contribution >= 4 is 23.2 Å². The summed E-state index contributed by atoms with van der Waals surface area (Å²) in [6.45, 7) is 0. The molecule has 0 rings (SSSR count). The van der Waals surface area contributed by atoms with Crippen molar-refractivity contribution in [2.45, 2.75) is 12.5 Å². The molecule has 4 nitrogen and oxygen atoms in total. The second-order valence-corrected chi connectivity index (χ2v) is 1.87. The number of carboxylic acid groups (broad SMARTS) is 1. The first-order valence-corrected chi connectivity index (χ1v) is 2.57. The summed E-state index contributed by atoms with van der Waals surface area (Å²) in [5.74, 6) is -1.20. The van der Waals surface area contributed by atoms with Gasteiger partial charge in [-0.2, -0.15) is 0 Å². The second-order valence-electron chi connectivity index (χ2n) is 1.45. The zero-order valence-corrected chi connectivity index (χ0v) is 6.50. The summed E-state index contributed by atoms with van der Waals surface area (Å²) in [5.41, 5.74) is 0. The molecule has 0 saturated carbocycles. The van der Waals surface area contributed by atoms with E-state index in [1.54, 1.807) is 0 Å². The number of hydrogen-bond donors (Lipinski definition) is 3. The molecule has 6 heteroatoms. The maximum atomic E-state index is 9.78. The van der Waals surface area contributed by atoms with Gasteiger partial charge in [-0.25, -0.2) is 0 Å². The zero-order chi connectivity index (χ0) is 7.44. The molecule has 63 valence electrons. The van der Waals surface area contributed by atoms with Gasteiger partial charge in [0.25, 0.3) is 0 Å². The smallest absolute Gasteiger partial charge is 0.306 e. The Morgan fingerprint density at radius 1 is 1.50 bits per heavy atom. The predicted octanol–water partition coefficient (Wildman–Crippen LogP) is -0.295. The third kappa shape index (κ3) is 5.97. The Labute approximate surface area is 73.3 Å². The van der Waals surface area contributed by atoms with Crippen molar-refractivity contribution in [3.8, 4) is 0 Å². The van der Waals surface area contributed by atoms with Gasteiger partial charge in [-0.3, -0.25) is 4.79 Å². The molecule has 0 bridgehead atoms. The van der Waals surface area contributed by atoms with E-state index in [4.69, 9.17) is 15.3 Å². The molecule has 0 saturated heterocycles. The minimum absolute atomic E-state index is 0. The first kappa shape index (κ1) is 12.5. The Hall–Kier alpha value is -0.161. The van der Waals surface area contributed by atoms with Crippen molar-refractivity contribution in [3.63, 3.8) is 0 Å². The number of thiocarbonyl (C=S) groups is 1. The Bertz CT molecular complexity index is 137. The van der Waals surface area contributed by atoms with Crippen LogP contribution in [-0.4, -0.2) is 32.4 Å². The van der Waals surface area contributed by atoms with E-state index in [0.29, 0.717) is 0 Å². The predicted molar refractivity (Wildman–Crippen MR) is 33.5 cm³/mol. The number of carboxylic acids is 1. The summed E-state index contributed by atoms with van der Waals surface area (Å²) in [5, 5.41) is 24.1. The van der Waals surface area contributed by atoms with Crippen LogP contribution in [0.25, 0.3) is 0 Å². The summed E-state index contributed by atoms with van der Waals surface area (Å²) in [4.78, 5) is 9.78. The van der Waals surface area contributed by atoms with E-state index in [1.807, 2.05) is 0 Å². The number of rotatable bonds is 3. The molecule has 0 amide bonds. The SMILES string of the molecule is O=C(O)CC(O)C(O)=S.[Cu]. The molecule has 0 aliphatic heterocycles. The summed E-state index contributed by atoms with van der Waals surface area (Å²) >= 11 is 4.08. The first-order valence-electron chi connectivity index (χ1n) is 2.16. The van der Waals surface area contributed by atoms with Crippen molar-refractivity contribution in [2.24, 2.45) is 0 Å². The van der Waals surface area contributed by atoms with Gasteiger partial charge in [-0.05, 0) is 12.2 Å². The molecule has 0 aromatic rings. The molecule has 1 atom stereocenters. The van der Waals surface area contributed by atoms with E-state index in [9.17, 15) is 4.79 Å². The van der Waals surface area contributed by atoms with Gasteiger partial charge in [0.15, 0.2) is 5.05 Å². The summed E-state index contributed by atoms with van der Waals surface area (Å²) in [7, 11) is 0. The number of aliphatic hydroxyl groups excluding tert-OH is 2. The van der Waals surface area contributed by atoms with Crippen molar-refractivity contribution in [2.75, 3.05) is 0 Å². The van der Waals surface area contributed by atoms with Crippen LogP contribution >= 0.6 is 12.2 Å². The molecule has 0 aromatic carbocycles. The van der Waals surface area contributed by atoms with Crippen LogP contribution in [0.15, 0.2) is 0 Å². The van der Waals surface area contributed by atoms with Crippen LogP contribution in [0.5, 0.6) is 0 Å². The van der Waals surface area contributed by atoms with Gasteiger partial charge < -0.3 is 15.3 Å². The van der Waals surface area contributed by atoms with Crippen LogP contribution in [0.1, 0.15) is 6.42 Å². The maximum Gasteiger partial charge on any atom is 0.306 e. The van der Waals surface area contributed by atoms with E-state index in [-0.39, 0.29) is 17.1 Å².